The number of anilines is 1. The minimum absolute atomic E-state index is 0.0852. The predicted molar refractivity (Wildman–Crippen MR) is 106 cm³/mol. The van der Waals surface area contributed by atoms with Crippen molar-refractivity contribution < 1.29 is 8.42 Å². The van der Waals surface area contributed by atoms with Gasteiger partial charge in [0, 0.05) is 22.8 Å². The second-order valence-corrected chi connectivity index (χ2v) is 7.95. The van der Waals surface area contributed by atoms with Crippen molar-refractivity contribution in [1.29, 1.82) is 5.26 Å². The van der Waals surface area contributed by atoms with E-state index in [0.717, 1.165) is 22.2 Å². The number of sulfonamides is 1. The number of H-pyrrole nitrogens is 1. The van der Waals surface area contributed by atoms with Crippen molar-refractivity contribution in [3.63, 3.8) is 0 Å². The average molecular weight is 389 g/mol. The van der Waals surface area contributed by atoms with E-state index in [-0.39, 0.29) is 4.90 Å². The van der Waals surface area contributed by atoms with Gasteiger partial charge in [0.2, 0.25) is 0 Å². The van der Waals surface area contributed by atoms with E-state index < -0.39 is 10.0 Å². The van der Waals surface area contributed by atoms with Crippen LogP contribution in [0.15, 0.2) is 65.8 Å². The number of fused-ring (bicyclic) bond motifs is 1. The van der Waals surface area contributed by atoms with Crippen LogP contribution in [0.1, 0.15) is 11.1 Å². The van der Waals surface area contributed by atoms with Gasteiger partial charge < -0.3 is 0 Å². The van der Waals surface area contributed by atoms with Crippen molar-refractivity contribution >= 4 is 26.6 Å². The maximum Gasteiger partial charge on any atom is 0.262 e. The van der Waals surface area contributed by atoms with Gasteiger partial charge in [-0.2, -0.15) is 10.4 Å². The number of pyridine rings is 1. The van der Waals surface area contributed by atoms with Crippen molar-refractivity contribution in [3.8, 4) is 17.3 Å². The first-order valence-corrected chi connectivity index (χ1v) is 9.88. The molecule has 0 amide bonds. The van der Waals surface area contributed by atoms with Crippen molar-refractivity contribution in [1.82, 2.24) is 15.2 Å². The molecule has 2 aromatic carbocycles. The zero-order valence-electron chi connectivity index (χ0n) is 14.8. The molecule has 0 saturated heterocycles. The predicted octanol–water partition coefficient (Wildman–Crippen LogP) is 3.61. The second-order valence-electron chi connectivity index (χ2n) is 6.30. The molecule has 0 bridgehead atoms. The van der Waals surface area contributed by atoms with E-state index in [9.17, 15) is 8.42 Å². The van der Waals surface area contributed by atoms with Crippen LogP contribution < -0.4 is 4.72 Å². The fourth-order valence-electron chi connectivity index (χ4n) is 2.87. The highest BCUT2D eigenvalue weighted by Crippen LogP contribution is 2.25. The Balaban J connectivity index is 1.61. The third-order valence-electron chi connectivity index (χ3n) is 4.36. The van der Waals surface area contributed by atoms with Crippen LogP contribution in [0.5, 0.6) is 0 Å². The van der Waals surface area contributed by atoms with E-state index in [0.29, 0.717) is 16.8 Å². The monoisotopic (exact) mass is 389 g/mol. The Kier molecular flexibility index (Phi) is 4.29. The normalized spacial score (nSPS) is 11.3. The van der Waals surface area contributed by atoms with Gasteiger partial charge in [-0.15, -0.1) is 0 Å². The van der Waals surface area contributed by atoms with Gasteiger partial charge in [0.25, 0.3) is 10.0 Å². The summed E-state index contributed by atoms with van der Waals surface area (Å²) in [5, 5.41) is 16.8. The van der Waals surface area contributed by atoms with Gasteiger partial charge in [0.1, 0.15) is 0 Å². The zero-order valence-corrected chi connectivity index (χ0v) is 15.7. The minimum Gasteiger partial charge on any atom is -0.280 e. The number of rotatable bonds is 4. The number of hydrogen-bond donors (Lipinski definition) is 2. The Morgan fingerprint density at radius 1 is 1.07 bits per heavy atom. The quantitative estimate of drug-likeness (QED) is 0.554. The van der Waals surface area contributed by atoms with Crippen LogP contribution >= 0.6 is 0 Å². The molecule has 0 radical (unpaired) electrons. The van der Waals surface area contributed by atoms with Gasteiger partial charge in [-0.05, 0) is 42.8 Å². The van der Waals surface area contributed by atoms with Crippen LogP contribution in [-0.2, 0) is 10.0 Å². The fraction of sp³-hybridized carbons (Fsp3) is 0.0500. The molecule has 0 aliphatic heterocycles. The lowest BCUT2D eigenvalue weighted by Gasteiger charge is -2.11. The molecule has 2 N–H and O–H groups in total. The lowest BCUT2D eigenvalue weighted by molar-refractivity contribution is 0.600. The zero-order chi connectivity index (χ0) is 19.7. The van der Waals surface area contributed by atoms with E-state index in [1.807, 2.05) is 12.1 Å². The third kappa shape index (κ3) is 3.31. The maximum atomic E-state index is 12.7. The molecule has 0 fully saturated rings. The molecule has 8 heteroatoms. The fourth-order valence-corrected chi connectivity index (χ4v) is 4.20. The first-order chi connectivity index (χ1) is 13.5. The molecule has 4 rings (SSSR count). The lowest BCUT2D eigenvalue weighted by atomic mass is 10.1. The first kappa shape index (κ1) is 17.7. The number of nitriles is 1. The second kappa shape index (κ2) is 6.79. The molecule has 138 valence electrons. The highest BCUT2D eigenvalue weighted by Gasteiger charge is 2.18. The first-order valence-electron chi connectivity index (χ1n) is 8.39. The molecular formula is C20H15N5O2S. The summed E-state index contributed by atoms with van der Waals surface area (Å²) in [4.78, 5) is 4.49. The summed E-state index contributed by atoms with van der Waals surface area (Å²) in [6.07, 6.45) is 3.43. The molecule has 7 nitrogen and oxygen atoms in total. The molecule has 0 saturated carbocycles. The number of aromatic nitrogens is 3. The van der Waals surface area contributed by atoms with E-state index in [2.05, 4.69) is 19.9 Å². The summed E-state index contributed by atoms with van der Waals surface area (Å²) in [6, 6.07) is 15.4. The SMILES string of the molecule is Cc1ccc(C#N)cc1S(=O)(=O)Nc1ccc(-c2cc3[nH]ncc3cn2)cc1. The molecule has 2 aromatic heterocycles. The van der Waals surface area contributed by atoms with E-state index in [4.69, 9.17) is 5.26 Å². The van der Waals surface area contributed by atoms with Crippen LogP contribution in [0.2, 0.25) is 0 Å². The standard InChI is InChI=1S/C20H15N5O2S/c1-13-2-3-14(10-21)8-20(13)28(26,27)25-17-6-4-15(5-7-17)18-9-19-16(11-22-18)12-23-24-19/h2-9,11-12,25H,1H3,(H,23,24). The van der Waals surface area contributed by atoms with Gasteiger partial charge >= 0.3 is 0 Å². The highest BCUT2D eigenvalue weighted by molar-refractivity contribution is 7.92. The van der Waals surface area contributed by atoms with E-state index >= 15 is 0 Å². The molecule has 0 aliphatic carbocycles. The van der Waals surface area contributed by atoms with Crippen LogP contribution in [-0.4, -0.2) is 23.6 Å². The Morgan fingerprint density at radius 3 is 2.61 bits per heavy atom. The van der Waals surface area contributed by atoms with Crippen molar-refractivity contribution in [2.45, 2.75) is 11.8 Å². The molecule has 0 spiro atoms. The van der Waals surface area contributed by atoms with Crippen molar-refractivity contribution in [2.75, 3.05) is 4.72 Å². The summed E-state index contributed by atoms with van der Waals surface area (Å²) in [7, 11) is -3.81. The topological polar surface area (TPSA) is 112 Å². The summed E-state index contributed by atoms with van der Waals surface area (Å²) in [6.45, 7) is 1.69. The molecule has 0 atom stereocenters. The van der Waals surface area contributed by atoms with E-state index in [1.165, 1.54) is 6.07 Å². The molecule has 4 aromatic rings. The average Bonchev–Trinajstić information content (AvgIpc) is 3.16. The number of nitrogens with zero attached hydrogens (tertiary/aromatic N) is 3. The molecule has 28 heavy (non-hydrogen) atoms. The summed E-state index contributed by atoms with van der Waals surface area (Å²) < 4.78 is 28.0. The Bertz CT molecular complexity index is 1320. The van der Waals surface area contributed by atoms with Gasteiger partial charge in [0.05, 0.1) is 33.9 Å². The molecule has 0 aliphatic rings. The van der Waals surface area contributed by atoms with Gasteiger partial charge in [-0.1, -0.05) is 18.2 Å². The van der Waals surface area contributed by atoms with E-state index in [1.54, 1.807) is 55.7 Å². The van der Waals surface area contributed by atoms with Crippen LogP contribution in [0.3, 0.4) is 0 Å². The van der Waals surface area contributed by atoms with Crippen LogP contribution in [0, 0.1) is 18.3 Å². The number of hydrogen-bond acceptors (Lipinski definition) is 5. The molecule has 0 unspecified atom stereocenters. The number of aryl methyl sites for hydroxylation is 1. The Hall–Kier alpha value is -3.70. The number of benzene rings is 2. The summed E-state index contributed by atoms with van der Waals surface area (Å²) in [5.41, 5.74) is 3.77. The highest BCUT2D eigenvalue weighted by atomic mass is 32.2. The molecular weight excluding hydrogens is 374 g/mol. The number of nitrogens with one attached hydrogen (secondary N) is 2. The largest absolute Gasteiger partial charge is 0.280 e. The van der Waals surface area contributed by atoms with Crippen LogP contribution in [0.25, 0.3) is 22.2 Å². The Morgan fingerprint density at radius 2 is 1.86 bits per heavy atom. The smallest absolute Gasteiger partial charge is 0.262 e. The van der Waals surface area contributed by atoms with Crippen molar-refractivity contribution in [3.05, 3.63) is 72.1 Å². The third-order valence-corrected chi connectivity index (χ3v) is 5.89. The Labute approximate surface area is 161 Å². The summed E-state index contributed by atoms with van der Waals surface area (Å²) in [5.74, 6) is 0. The minimum atomic E-state index is -3.81. The van der Waals surface area contributed by atoms with Gasteiger partial charge in [-0.25, -0.2) is 8.42 Å². The van der Waals surface area contributed by atoms with Gasteiger partial charge in [-0.3, -0.25) is 14.8 Å². The number of aromatic amines is 1. The summed E-state index contributed by atoms with van der Waals surface area (Å²) >= 11 is 0. The molecule has 2 heterocycles. The van der Waals surface area contributed by atoms with Crippen LogP contribution in [0.4, 0.5) is 5.69 Å². The van der Waals surface area contributed by atoms with Crippen molar-refractivity contribution in [2.24, 2.45) is 0 Å². The maximum absolute atomic E-state index is 12.7. The van der Waals surface area contributed by atoms with Gasteiger partial charge in [0.15, 0.2) is 0 Å². The lowest BCUT2D eigenvalue weighted by Crippen LogP contribution is -2.14.